The lowest BCUT2D eigenvalue weighted by atomic mass is 9.85. The van der Waals surface area contributed by atoms with Crippen LogP contribution in [0.15, 0.2) is 0 Å². The van der Waals surface area contributed by atoms with Gasteiger partial charge < -0.3 is 5.11 Å². The molecule has 2 bridgehead atoms. The minimum Gasteiger partial charge on any atom is -0.481 e. The first-order valence-corrected chi connectivity index (χ1v) is 8.77. The third-order valence-electron chi connectivity index (χ3n) is 4.72. The van der Waals surface area contributed by atoms with E-state index in [0.717, 1.165) is 32.1 Å². The van der Waals surface area contributed by atoms with Gasteiger partial charge >= 0.3 is 5.97 Å². The Bertz CT molecular complexity index is 465. The number of aliphatic carboxylic acids is 1. The molecule has 0 aliphatic heterocycles. The predicted octanol–water partition coefficient (Wildman–Crippen LogP) is 1.05. The van der Waals surface area contributed by atoms with E-state index in [1.165, 1.54) is 4.31 Å². The second-order valence-corrected chi connectivity index (χ2v) is 7.83. The van der Waals surface area contributed by atoms with E-state index in [9.17, 15) is 18.3 Å². The minimum atomic E-state index is -3.58. The molecule has 6 nitrogen and oxygen atoms in total. The van der Waals surface area contributed by atoms with E-state index in [-0.39, 0.29) is 11.8 Å². The average molecular weight is 304 g/mol. The van der Waals surface area contributed by atoms with Crippen LogP contribution >= 0.6 is 0 Å². The Morgan fingerprint density at radius 3 is 2.60 bits per heavy atom. The fourth-order valence-electron chi connectivity index (χ4n) is 3.58. The maximum absolute atomic E-state index is 12.3. The van der Waals surface area contributed by atoms with Crippen molar-refractivity contribution in [1.29, 1.82) is 0 Å². The molecule has 2 saturated carbocycles. The van der Waals surface area contributed by atoms with Gasteiger partial charge in [0, 0.05) is 19.6 Å². The highest BCUT2D eigenvalue weighted by molar-refractivity contribution is 7.87. The highest BCUT2D eigenvalue weighted by Crippen LogP contribution is 2.48. The van der Waals surface area contributed by atoms with Gasteiger partial charge in [-0.15, -0.1) is 0 Å². The van der Waals surface area contributed by atoms with E-state index >= 15 is 0 Å². The van der Waals surface area contributed by atoms with Gasteiger partial charge in [-0.3, -0.25) is 4.79 Å². The normalized spacial score (nSPS) is 33.0. The third-order valence-corrected chi connectivity index (χ3v) is 6.30. The molecule has 2 rings (SSSR count). The van der Waals surface area contributed by atoms with E-state index in [1.807, 2.05) is 6.92 Å². The van der Waals surface area contributed by atoms with Crippen LogP contribution in [0.25, 0.3) is 0 Å². The van der Waals surface area contributed by atoms with E-state index in [2.05, 4.69) is 4.72 Å². The Hall–Kier alpha value is -0.660. The largest absolute Gasteiger partial charge is 0.481 e. The van der Waals surface area contributed by atoms with Crippen molar-refractivity contribution in [3.8, 4) is 0 Å². The Morgan fingerprint density at radius 1 is 1.35 bits per heavy atom. The second-order valence-electron chi connectivity index (χ2n) is 6.02. The molecule has 0 aromatic rings. The summed E-state index contributed by atoms with van der Waals surface area (Å²) in [5.74, 6) is -1.13. The fraction of sp³-hybridized carbons (Fsp3) is 0.923. The summed E-state index contributed by atoms with van der Waals surface area (Å²) in [6, 6.07) is -0.444. The van der Waals surface area contributed by atoms with Crippen molar-refractivity contribution >= 4 is 16.2 Å². The van der Waals surface area contributed by atoms with Crippen molar-refractivity contribution in [1.82, 2.24) is 9.03 Å². The summed E-state index contributed by atoms with van der Waals surface area (Å²) in [6.45, 7) is 2.47. The van der Waals surface area contributed by atoms with Crippen LogP contribution in [0.1, 0.15) is 39.0 Å². The molecule has 0 amide bonds. The molecule has 116 valence electrons. The minimum absolute atomic E-state index is 0.131. The Kier molecular flexibility index (Phi) is 4.71. The molecule has 2 aliphatic rings. The van der Waals surface area contributed by atoms with E-state index in [4.69, 9.17) is 0 Å². The number of rotatable bonds is 7. The summed E-state index contributed by atoms with van der Waals surface area (Å²) < 4.78 is 28.5. The highest BCUT2D eigenvalue weighted by atomic mass is 32.2. The molecule has 0 aromatic carbocycles. The number of fused-ring (bicyclic) bond motifs is 2. The maximum atomic E-state index is 12.3. The van der Waals surface area contributed by atoms with E-state index < -0.39 is 28.1 Å². The summed E-state index contributed by atoms with van der Waals surface area (Å²) in [5.41, 5.74) is 0. The van der Waals surface area contributed by atoms with Gasteiger partial charge in [0.15, 0.2) is 0 Å². The molecule has 2 N–H and O–H groups in total. The van der Waals surface area contributed by atoms with Crippen molar-refractivity contribution in [3.63, 3.8) is 0 Å². The van der Waals surface area contributed by atoms with Gasteiger partial charge in [0.1, 0.15) is 0 Å². The molecule has 4 atom stereocenters. The summed E-state index contributed by atoms with van der Waals surface area (Å²) >= 11 is 0. The van der Waals surface area contributed by atoms with Crippen molar-refractivity contribution in [2.75, 3.05) is 13.6 Å². The average Bonchev–Trinajstić information content (AvgIpc) is 2.95. The first-order chi connectivity index (χ1) is 9.36. The molecule has 0 radical (unpaired) electrons. The van der Waals surface area contributed by atoms with Crippen LogP contribution in [0, 0.1) is 17.8 Å². The van der Waals surface area contributed by atoms with Crippen LogP contribution < -0.4 is 4.72 Å². The monoisotopic (exact) mass is 304 g/mol. The van der Waals surface area contributed by atoms with Crippen molar-refractivity contribution < 1.29 is 18.3 Å². The highest BCUT2D eigenvalue weighted by Gasteiger charge is 2.52. The lowest BCUT2D eigenvalue weighted by Gasteiger charge is -2.30. The van der Waals surface area contributed by atoms with Gasteiger partial charge in [0.2, 0.25) is 0 Å². The molecule has 0 saturated heterocycles. The molecule has 2 aliphatic carbocycles. The molecule has 0 spiro atoms. The number of nitrogens with one attached hydrogen (secondary N) is 1. The topological polar surface area (TPSA) is 86.7 Å². The zero-order valence-corrected chi connectivity index (χ0v) is 12.9. The van der Waals surface area contributed by atoms with Gasteiger partial charge in [0.05, 0.1) is 5.92 Å². The number of carbonyl (C=O) groups is 1. The predicted molar refractivity (Wildman–Crippen MR) is 75.3 cm³/mol. The van der Waals surface area contributed by atoms with Crippen LogP contribution in [0.4, 0.5) is 0 Å². The number of unbranched alkanes of at least 4 members (excludes halogenated alkanes) is 1. The molecular formula is C13H24N2O4S. The number of hydrogen-bond acceptors (Lipinski definition) is 3. The number of hydrogen-bond donors (Lipinski definition) is 2. The van der Waals surface area contributed by atoms with Crippen molar-refractivity contribution in [2.45, 2.75) is 45.1 Å². The summed E-state index contributed by atoms with van der Waals surface area (Å²) in [7, 11) is -2.04. The Labute approximate surface area is 120 Å². The number of nitrogens with zero attached hydrogens (tertiary/aromatic N) is 1. The standard InChI is InChI=1S/C13H24N2O4S/c1-3-4-7-15(2)20(18,19)14-12-10-6-5-9(8-10)11(12)13(16)17/h9-12,14H,3-8H2,1-2H3,(H,16,17). The molecule has 7 heteroatoms. The quantitative estimate of drug-likeness (QED) is 0.736. The Balaban J connectivity index is 2.06. The summed E-state index contributed by atoms with van der Waals surface area (Å²) in [4.78, 5) is 11.4. The van der Waals surface area contributed by atoms with Crippen LogP contribution in [-0.4, -0.2) is 43.4 Å². The number of carboxylic acids is 1. The lowest BCUT2D eigenvalue weighted by molar-refractivity contribution is -0.144. The molecular weight excluding hydrogens is 280 g/mol. The van der Waals surface area contributed by atoms with Gasteiger partial charge in [-0.1, -0.05) is 13.3 Å². The number of carboxylic acid groups (broad SMARTS) is 1. The molecule has 4 unspecified atom stereocenters. The molecule has 2 fully saturated rings. The van der Waals surface area contributed by atoms with E-state index in [0.29, 0.717) is 6.54 Å². The zero-order valence-electron chi connectivity index (χ0n) is 12.1. The third kappa shape index (κ3) is 2.99. The zero-order chi connectivity index (χ0) is 14.9. The first kappa shape index (κ1) is 15.7. The van der Waals surface area contributed by atoms with Gasteiger partial charge in [-0.25, -0.2) is 0 Å². The molecule has 0 aromatic heterocycles. The van der Waals surface area contributed by atoms with Gasteiger partial charge in [-0.2, -0.15) is 17.4 Å². The summed E-state index contributed by atoms with van der Waals surface area (Å²) in [5, 5.41) is 9.33. The van der Waals surface area contributed by atoms with Crippen LogP contribution in [0.2, 0.25) is 0 Å². The maximum Gasteiger partial charge on any atom is 0.308 e. The molecule has 20 heavy (non-hydrogen) atoms. The SMILES string of the molecule is CCCCN(C)S(=O)(=O)NC1C2CCC(C2)C1C(=O)O. The smallest absolute Gasteiger partial charge is 0.308 e. The fourth-order valence-corrected chi connectivity index (χ4v) is 4.81. The van der Waals surface area contributed by atoms with E-state index in [1.54, 1.807) is 7.05 Å². The molecule has 0 heterocycles. The van der Waals surface area contributed by atoms with Crippen molar-refractivity contribution in [2.24, 2.45) is 17.8 Å². The van der Waals surface area contributed by atoms with Gasteiger partial charge in [0.25, 0.3) is 10.2 Å². The lowest BCUT2D eigenvalue weighted by Crippen LogP contribution is -2.50. The Morgan fingerprint density at radius 2 is 2.00 bits per heavy atom. The second kappa shape index (κ2) is 5.99. The van der Waals surface area contributed by atoms with Crippen LogP contribution in [-0.2, 0) is 15.0 Å². The van der Waals surface area contributed by atoms with Crippen molar-refractivity contribution in [3.05, 3.63) is 0 Å². The van der Waals surface area contributed by atoms with Crippen LogP contribution in [0.5, 0.6) is 0 Å². The van der Waals surface area contributed by atoms with Crippen LogP contribution in [0.3, 0.4) is 0 Å². The first-order valence-electron chi connectivity index (χ1n) is 7.33. The van der Waals surface area contributed by atoms with Gasteiger partial charge in [-0.05, 0) is 37.5 Å². The summed E-state index contributed by atoms with van der Waals surface area (Å²) in [6.07, 6.45) is 4.40.